The lowest BCUT2D eigenvalue weighted by molar-refractivity contribution is -0.125. The van der Waals surface area contributed by atoms with Gasteiger partial charge in [0.2, 0.25) is 17.7 Å². The molecule has 0 radical (unpaired) electrons. The molecule has 0 bridgehead atoms. The molecule has 24 heavy (non-hydrogen) atoms. The molecule has 0 saturated heterocycles. The van der Waals surface area contributed by atoms with Crippen LogP contribution in [0.25, 0.3) is 0 Å². The van der Waals surface area contributed by atoms with E-state index in [2.05, 4.69) is 16.0 Å². The summed E-state index contributed by atoms with van der Waals surface area (Å²) in [5.41, 5.74) is 1.29. The number of para-hydroxylation sites is 2. The van der Waals surface area contributed by atoms with Crippen LogP contribution in [-0.2, 0) is 14.4 Å². The van der Waals surface area contributed by atoms with Gasteiger partial charge < -0.3 is 20.9 Å². The van der Waals surface area contributed by atoms with Crippen molar-refractivity contribution in [2.75, 3.05) is 36.4 Å². The standard InChI is InChI=1S/C16H22N4O3.ClH/c1-2-17-9-10-18-14(21)7-8-16(23)20-11-15(22)19-12-5-3-4-6-13(12)20;/h3-6,17H,2,7-11H2,1H3,(H,18,21)(H,19,22);1H. The minimum atomic E-state index is -0.229. The van der Waals surface area contributed by atoms with Crippen molar-refractivity contribution < 1.29 is 14.4 Å². The molecule has 132 valence electrons. The Balaban J connectivity index is 0.00000288. The van der Waals surface area contributed by atoms with Crippen molar-refractivity contribution in [2.45, 2.75) is 19.8 Å². The van der Waals surface area contributed by atoms with Crippen LogP contribution < -0.4 is 20.9 Å². The van der Waals surface area contributed by atoms with Crippen molar-refractivity contribution >= 4 is 41.5 Å². The number of hydrogen-bond acceptors (Lipinski definition) is 4. The van der Waals surface area contributed by atoms with Gasteiger partial charge in [0.1, 0.15) is 6.54 Å². The Morgan fingerprint density at radius 1 is 1.21 bits per heavy atom. The molecule has 7 nitrogen and oxygen atoms in total. The van der Waals surface area contributed by atoms with Gasteiger partial charge in [0.05, 0.1) is 11.4 Å². The van der Waals surface area contributed by atoms with Crippen LogP contribution in [0, 0.1) is 0 Å². The Hall–Kier alpha value is -2.12. The molecule has 1 aromatic carbocycles. The molecule has 0 unspecified atom stereocenters. The first kappa shape index (κ1) is 19.9. The number of rotatable bonds is 7. The highest BCUT2D eigenvalue weighted by atomic mass is 35.5. The van der Waals surface area contributed by atoms with E-state index in [0.29, 0.717) is 24.5 Å². The molecule has 0 aliphatic carbocycles. The lowest BCUT2D eigenvalue weighted by atomic mass is 10.1. The molecule has 0 saturated carbocycles. The third-order valence-corrected chi connectivity index (χ3v) is 3.51. The van der Waals surface area contributed by atoms with Crippen LogP contribution in [0.5, 0.6) is 0 Å². The van der Waals surface area contributed by atoms with Crippen LogP contribution in [-0.4, -0.2) is 43.9 Å². The van der Waals surface area contributed by atoms with Gasteiger partial charge in [0.15, 0.2) is 0 Å². The summed E-state index contributed by atoms with van der Waals surface area (Å²) in [5, 5.41) is 8.58. The van der Waals surface area contributed by atoms with Gasteiger partial charge in [-0.05, 0) is 18.7 Å². The van der Waals surface area contributed by atoms with Crippen LogP contribution in [0.2, 0.25) is 0 Å². The number of hydrogen-bond donors (Lipinski definition) is 3. The van der Waals surface area contributed by atoms with Crippen molar-refractivity contribution in [3.05, 3.63) is 24.3 Å². The second-order valence-corrected chi connectivity index (χ2v) is 5.25. The zero-order chi connectivity index (χ0) is 16.7. The summed E-state index contributed by atoms with van der Waals surface area (Å²) in [6, 6.07) is 7.14. The monoisotopic (exact) mass is 354 g/mol. The Kier molecular flexibility index (Phi) is 8.21. The average Bonchev–Trinajstić information content (AvgIpc) is 2.55. The molecule has 1 aromatic rings. The zero-order valence-corrected chi connectivity index (χ0v) is 14.4. The van der Waals surface area contributed by atoms with Gasteiger partial charge in [-0.2, -0.15) is 0 Å². The number of anilines is 2. The molecule has 1 heterocycles. The second-order valence-electron chi connectivity index (χ2n) is 5.25. The Morgan fingerprint density at radius 3 is 2.71 bits per heavy atom. The van der Waals surface area contributed by atoms with E-state index in [4.69, 9.17) is 0 Å². The highest BCUT2D eigenvalue weighted by molar-refractivity contribution is 6.10. The van der Waals surface area contributed by atoms with Crippen molar-refractivity contribution in [3.63, 3.8) is 0 Å². The van der Waals surface area contributed by atoms with E-state index in [9.17, 15) is 14.4 Å². The number of nitrogens with zero attached hydrogens (tertiary/aromatic N) is 1. The van der Waals surface area contributed by atoms with Crippen molar-refractivity contribution in [2.24, 2.45) is 0 Å². The normalized spacial score (nSPS) is 12.7. The second kappa shape index (κ2) is 9.89. The molecule has 3 amide bonds. The summed E-state index contributed by atoms with van der Waals surface area (Å²) < 4.78 is 0. The van der Waals surface area contributed by atoms with Gasteiger partial charge in [0, 0.05) is 25.9 Å². The third kappa shape index (κ3) is 5.50. The first-order valence-electron chi connectivity index (χ1n) is 7.78. The molecule has 0 fully saturated rings. The SMILES string of the molecule is CCNCCNC(=O)CCC(=O)N1CC(=O)Nc2ccccc21.Cl. The predicted molar refractivity (Wildman–Crippen MR) is 95.5 cm³/mol. The molecule has 3 N–H and O–H groups in total. The molecule has 8 heteroatoms. The maximum atomic E-state index is 12.3. The van der Waals surface area contributed by atoms with Gasteiger partial charge in [-0.25, -0.2) is 0 Å². The van der Waals surface area contributed by atoms with Crippen LogP contribution in [0.3, 0.4) is 0 Å². The Bertz CT molecular complexity index is 594. The highest BCUT2D eigenvalue weighted by Gasteiger charge is 2.26. The number of carbonyl (C=O) groups excluding carboxylic acids is 3. The minimum Gasteiger partial charge on any atom is -0.355 e. The lowest BCUT2D eigenvalue weighted by Crippen LogP contribution is -2.42. The molecular formula is C16H23ClN4O3. The Labute approximate surface area is 147 Å². The van der Waals surface area contributed by atoms with E-state index in [1.54, 1.807) is 18.2 Å². The molecule has 1 aliphatic heterocycles. The highest BCUT2D eigenvalue weighted by Crippen LogP contribution is 2.29. The van der Waals surface area contributed by atoms with Gasteiger partial charge >= 0.3 is 0 Å². The summed E-state index contributed by atoms with van der Waals surface area (Å²) >= 11 is 0. The Morgan fingerprint density at radius 2 is 1.96 bits per heavy atom. The number of fused-ring (bicyclic) bond motifs is 1. The lowest BCUT2D eigenvalue weighted by Gasteiger charge is -2.29. The van der Waals surface area contributed by atoms with E-state index >= 15 is 0 Å². The van der Waals surface area contributed by atoms with Gasteiger partial charge in [-0.1, -0.05) is 19.1 Å². The van der Waals surface area contributed by atoms with Gasteiger partial charge in [-0.3, -0.25) is 14.4 Å². The topological polar surface area (TPSA) is 90.5 Å². The first-order chi connectivity index (χ1) is 11.1. The van der Waals surface area contributed by atoms with Crippen LogP contribution >= 0.6 is 12.4 Å². The zero-order valence-electron chi connectivity index (χ0n) is 13.6. The smallest absolute Gasteiger partial charge is 0.244 e. The van der Waals surface area contributed by atoms with Gasteiger partial charge in [-0.15, -0.1) is 12.4 Å². The number of halogens is 1. The van der Waals surface area contributed by atoms with Gasteiger partial charge in [0.25, 0.3) is 0 Å². The summed E-state index contributed by atoms with van der Waals surface area (Å²) in [6.45, 7) is 4.07. The molecular weight excluding hydrogens is 332 g/mol. The quantitative estimate of drug-likeness (QED) is 0.634. The van der Waals surface area contributed by atoms with Crippen molar-refractivity contribution in [1.29, 1.82) is 0 Å². The minimum absolute atomic E-state index is 0. The average molecular weight is 355 g/mol. The maximum Gasteiger partial charge on any atom is 0.244 e. The van der Waals surface area contributed by atoms with Crippen LogP contribution in [0.15, 0.2) is 24.3 Å². The summed E-state index contributed by atoms with van der Waals surface area (Å²) in [4.78, 5) is 37.2. The van der Waals surface area contributed by atoms with Crippen molar-refractivity contribution in [1.82, 2.24) is 10.6 Å². The van der Waals surface area contributed by atoms with E-state index < -0.39 is 0 Å². The maximum absolute atomic E-state index is 12.3. The van der Waals surface area contributed by atoms with E-state index in [-0.39, 0.29) is 49.5 Å². The van der Waals surface area contributed by atoms with E-state index in [0.717, 1.165) is 6.54 Å². The number of carbonyl (C=O) groups is 3. The third-order valence-electron chi connectivity index (χ3n) is 3.51. The summed E-state index contributed by atoms with van der Waals surface area (Å²) in [5.74, 6) is -0.618. The molecule has 1 aliphatic rings. The number of benzene rings is 1. The molecule has 2 rings (SSSR count). The molecule has 0 spiro atoms. The van der Waals surface area contributed by atoms with Crippen LogP contribution in [0.4, 0.5) is 11.4 Å². The fraction of sp³-hybridized carbons (Fsp3) is 0.438. The van der Waals surface area contributed by atoms with Crippen molar-refractivity contribution in [3.8, 4) is 0 Å². The molecule has 0 atom stereocenters. The molecule has 0 aromatic heterocycles. The summed E-state index contributed by atoms with van der Waals surface area (Å²) in [6.07, 6.45) is 0.194. The summed E-state index contributed by atoms with van der Waals surface area (Å²) in [7, 11) is 0. The first-order valence-corrected chi connectivity index (χ1v) is 7.78. The van der Waals surface area contributed by atoms with Crippen LogP contribution in [0.1, 0.15) is 19.8 Å². The predicted octanol–water partition coefficient (Wildman–Crippen LogP) is 0.899. The number of nitrogens with one attached hydrogen (secondary N) is 3. The fourth-order valence-electron chi connectivity index (χ4n) is 2.37. The number of amides is 3. The van der Waals surface area contributed by atoms with E-state index in [1.807, 2.05) is 13.0 Å². The fourth-order valence-corrected chi connectivity index (χ4v) is 2.37. The van der Waals surface area contributed by atoms with E-state index in [1.165, 1.54) is 4.90 Å². The number of likely N-dealkylation sites (N-methyl/N-ethyl adjacent to an activating group) is 1. The largest absolute Gasteiger partial charge is 0.355 e.